The van der Waals surface area contributed by atoms with Gasteiger partial charge in [-0.3, -0.25) is 0 Å². The Morgan fingerprint density at radius 1 is 1.21 bits per heavy atom. The molecule has 0 aliphatic heterocycles. The number of nitrogens with one attached hydrogen (secondary N) is 1. The normalized spacial score (nSPS) is 15.3. The molecule has 152 valence electrons. The fourth-order valence-electron chi connectivity index (χ4n) is 4.04. The highest BCUT2D eigenvalue weighted by Crippen LogP contribution is 2.37. The number of hydrogen-bond donors (Lipinski definition) is 1. The van der Waals surface area contributed by atoms with Crippen molar-refractivity contribution in [2.24, 2.45) is 0 Å². The van der Waals surface area contributed by atoms with E-state index in [2.05, 4.69) is 81.8 Å². The van der Waals surface area contributed by atoms with Crippen LogP contribution in [-0.2, 0) is 0 Å². The van der Waals surface area contributed by atoms with Gasteiger partial charge in [0.05, 0.1) is 5.69 Å². The van der Waals surface area contributed by atoms with Gasteiger partial charge in [0, 0.05) is 17.9 Å². The number of benzene rings is 1. The van der Waals surface area contributed by atoms with Crippen molar-refractivity contribution >= 4 is 5.69 Å². The van der Waals surface area contributed by atoms with Crippen molar-refractivity contribution in [1.29, 1.82) is 0 Å². The molecule has 0 saturated heterocycles. The highest BCUT2D eigenvalue weighted by molar-refractivity contribution is 5.70. The van der Waals surface area contributed by atoms with Gasteiger partial charge in [0.25, 0.3) is 0 Å². The van der Waals surface area contributed by atoms with Crippen molar-refractivity contribution in [2.75, 3.05) is 18.0 Å². The zero-order chi connectivity index (χ0) is 20.5. The van der Waals surface area contributed by atoms with Crippen LogP contribution in [-0.4, -0.2) is 13.1 Å². The Kier molecular flexibility index (Phi) is 8.79. The predicted octanol–water partition coefficient (Wildman–Crippen LogP) is 6.97. The maximum absolute atomic E-state index is 3.95. The van der Waals surface area contributed by atoms with E-state index >= 15 is 0 Å². The molecule has 2 rings (SSSR count). The third kappa shape index (κ3) is 5.48. The summed E-state index contributed by atoms with van der Waals surface area (Å²) in [4.78, 5) is 2.47. The van der Waals surface area contributed by atoms with Crippen molar-refractivity contribution in [3.63, 3.8) is 0 Å². The summed E-state index contributed by atoms with van der Waals surface area (Å²) >= 11 is 0. The molecule has 0 bridgehead atoms. The van der Waals surface area contributed by atoms with Crippen LogP contribution >= 0.6 is 0 Å². The van der Waals surface area contributed by atoms with E-state index in [1.165, 1.54) is 58.6 Å². The first-order valence-electron chi connectivity index (χ1n) is 10.8. The van der Waals surface area contributed by atoms with E-state index in [4.69, 9.17) is 0 Å². The summed E-state index contributed by atoms with van der Waals surface area (Å²) in [6.45, 7) is 17.1. The van der Waals surface area contributed by atoms with E-state index in [1.807, 2.05) is 6.08 Å². The third-order valence-electron chi connectivity index (χ3n) is 5.49. The zero-order valence-electron chi connectivity index (χ0n) is 18.6. The Labute approximate surface area is 172 Å². The molecule has 0 aromatic heterocycles. The van der Waals surface area contributed by atoms with Crippen molar-refractivity contribution in [3.05, 3.63) is 76.7 Å². The molecule has 28 heavy (non-hydrogen) atoms. The molecule has 0 amide bonds. The lowest BCUT2D eigenvalue weighted by Crippen LogP contribution is -2.28. The molecule has 1 aliphatic carbocycles. The largest absolute Gasteiger partial charge is 0.314 e. The fourth-order valence-corrected chi connectivity index (χ4v) is 4.04. The lowest BCUT2D eigenvalue weighted by Gasteiger charge is -2.33. The molecule has 0 spiro atoms. The van der Waals surface area contributed by atoms with Crippen molar-refractivity contribution in [3.8, 4) is 0 Å². The minimum Gasteiger partial charge on any atom is -0.314 e. The molecule has 1 aromatic rings. The summed E-state index contributed by atoms with van der Waals surface area (Å²) in [7, 11) is 0. The van der Waals surface area contributed by atoms with Gasteiger partial charge in [0.2, 0.25) is 0 Å². The molecule has 2 nitrogen and oxygen atoms in total. The minimum atomic E-state index is 0.962. The van der Waals surface area contributed by atoms with Gasteiger partial charge in [0.1, 0.15) is 0 Å². The van der Waals surface area contributed by atoms with Crippen molar-refractivity contribution in [2.45, 2.75) is 66.7 Å². The average Bonchev–Trinajstić information content (AvgIpc) is 2.83. The molecular weight excluding hydrogens is 340 g/mol. The molecule has 0 saturated carbocycles. The summed E-state index contributed by atoms with van der Waals surface area (Å²) in [5.74, 6) is 0. The van der Waals surface area contributed by atoms with Crippen LogP contribution in [0, 0.1) is 13.8 Å². The molecule has 1 aliphatic rings. The van der Waals surface area contributed by atoms with Crippen LogP contribution in [0.1, 0.15) is 64.0 Å². The van der Waals surface area contributed by atoms with Gasteiger partial charge < -0.3 is 10.2 Å². The SMILES string of the molecule is C=C/C=C(/C)N(C1=C(CNCCCC)CCCC=C1C)c1c(C)cccc1C. The number of para-hydroxylation sites is 1. The lowest BCUT2D eigenvalue weighted by atomic mass is 10.00. The molecule has 0 heterocycles. The predicted molar refractivity (Wildman–Crippen MR) is 125 cm³/mol. The minimum absolute atomic E-state index is 0.962. The van der Waals surface area contributed by atoms with Gasteiger partial charge >= 0.3 is 0 Å². The van der Waals surface area contributed by atoms with Crippen LogP contribution in [0.3, 0.4) is 0 Å². The summed E-state index contributed by atoms with van der Waals surface area (Å²) in [6, 6.07) is 6.58. The van der Waals surface area contributed by atoms with Gasteiger partial charge in [-0.2, -0.15) is 0 Å². The monoisotopic (exact) mass is 378 g/mol. The van der Waals surface area contributed by atoms with E-state index in [0.717, 1.165) is 25.9 Å². The quantitative estimate of drug-likeness (QED) is 0.368. The number of aryl methyl sites for hydroxylation is 2. The molecular formula is C26H38N2. The maximum atomic E-state index is 3.95. The Balaban J connectivity index is 2.62. The third-order valence-corrected chi connectivity index (χ3v) is 5.49. The fraction of sp³-hybridized carbons (Fsp3) is 0.462. The number of allylic oxidation sites excluding steroid dienone is 5. The molecule has 0 unspecified atom stereocenters. The van der Waals surface area contributed by atoms with Crippen LogP contribution in [0.4, 0.5) is 5.69 Å². The van der Waals surface area contributed by atoms with Crippen molar-refractivity contribution < 1.29 is 0 Å². The standard InChI is InChI=1S/C26H38N2/c1-7-9-18-27-19-24-17-11-10-14-22(5)26(24)28(23(6)13-8-2)25-20(3)15-12-16-21(25)4/h8,12-16,27H,2,7,9-11,17-19H2,1,3-6H3/b23-13-. The number of hydrogen-bond acceptors (Lipinski definition) is 2. The molecule has 0 fully saturated rings. The number of rotatable bonds is 9. The Morgan fingerprint density at radius 2 is 1.93 bits per heavy atom. The van der Waals surface area contributed by atoms with Crippen LogP contribution in [0.15, 0.2) is 65.5 Å². The van der Waals surface area contributed by atoms with Gasteiger partial charge in [-0.05, 0) is 88.3 Å². The van der Waals surface area contributed by atoms with Gasteiger partial charge in [-0.1, -0.05) is 50.3 Å². The Morgan fingerprint density at radius 3 is 2.57 bits per heavy atom. The topological polar surface area (TPSA) is 15.3 Å². The molecule has 0 radical (unpaired) electrons. The smallest absolute Gasteiger partial charge is 0.0516 e. The first-order chi connectivity index (χ1) is 13.5. The van der Waals surface area contributed by atoms with Crippen molar-refractivity contribution in [1.82, 2.24) is 5.32 Å². The number of nitrogens with zero attached hydrogens (tertiary/aromatic N) is 1. The second kappa shape index (κ2) is 11.1. The first kappa shape index (κ1) is 22.2. The first-order valence-corrected chi connectivity index (χ1v) is 10.8. The lowest BCUT2D eigenvalue weighted by molar-refractivity contribution is 0.653. The van der Waals surface area contributed by atoms with Gasteiger partial charge in [0.15, 0.2) is 0 Å². The highest BCUT2D eigenvalue weighted by Gasteiger charge is 2.23. The number of unbranched alkanes of at least 4 members (excludes halogenated alkanes) is 1. The highest BCUT2D eigenvalue weighted by atomic mass is 15.2. The maximum Gasteiger partial charge on any atom is 0.0516 e. The van der Waals surface area contributed by atoms with E-state index in [0.29, 0.717) is 0 Å². The molecule has 2 heteroatoms. The van der Waals surface area contributed by atoms with Crippen LogP contribution in [0.5, 0.6) is 0 Å². The molecule has 0 atom stereocenters. The van der Waals surface area contributed by atoms with Crippen LogP contribution in [0.2, 0.25) is 0 Å². The molecule has 1 N–H and O–H groups in total. The van der Waals surface area contributed by atoms with E-state index in [9.17, 15) is 0 Å². The van der Waals surface area contributed by atoms with Gasteiger partial charge in [-0.15, -0.1) is 0 Å². The second-order valence-corrected chi connectivity index (χ2v) is 7.88. The Bertz CT molecular complexity index is 744. The molecule has 1 aromatic carbocycles. The van der Waals surface area contributed by atoms with E-state index in [-0.39, 0.29) is 0 Å². The number of anilines is 1. The zero-order valence-corrected chi connectivity index (χ0v) is 18.6. The summed E-state index contributed by atoms with van der Waals surface area (Å²) in [5, 5.41) is 3.69. The summed E-state index contributed by atoms with van der Waals surface area (Å²) in [5.41, 5.74) is 9.39. The van der Waals surface area contributed by atoms with Crippen LogP contribution < -0.4 is 10.2 Å². The summed E-state index contributed by atoms with van der Waals surface area (Å²) < 4.78 is 0. The van der Waals surface area contributed by atoms with Crippen LogP contribution in [0.25, 0.3) is 0 Å². The summed E-state index contributed by atoms with van der Waals surface area (Å²) in [6.07, 6.45) is 12.4. The Hall–Kier alpha value is -2.06. The van der Waals surface area contributed by atoms with E-state index in [1.54, 1.807) is 0 Å². The van der Waals surface area contributed by atoms with Gasteiger partial charge in [-0.25, -0.2) is 0 Å². The second-order valence-electron chi connectivity index (χ2n) is 7.88. The van der Waals surface area contributed by atoms with E-state index < -0.39 is 0 Å². The average molecular weight is 379 g/mol.